The van der Waals surface area contributed by atoms with Gasteiger partial charge >= 0.3 is 0 Å². The minimum atomic E-state index is -0.335. The van der Waals surface area contributed by atoms with Gasteiger partial charge in [-0.3, -0.25) is 4.79 Å². The van der Waals surface area contributed by atoms with Crippen LogP contribution in [0.4, 0.5) is 0 Å². The van der Waals surface area contributed by atoms with Gasteiger partial charge in [-0.05, 0) is 56.7 Å². The molecule has 26 heavy (non-hydrogen) atoms. The Morgan fingerprint density at radius 2 is 1.88 bits per heavy atom. The highest BCUT2D eigenvalue weighted by molar-refractivity contribution is 8.00. The Balaban J connectivity index is 1.69. The van der Waals surface area contributed by atoms with Crippen LogP contribution in [0.1, 0.15) is 29.8 Å². The molecule has 0 saturated heterocycles. The van der Waals surface area contributed by atoms with Crippen LogP contribution in [-0.2, 0) is 0 Å². The second kappa shape index (κ2) is 8.19. The summed E-state index contributed by atoms with van der Waals surface area (Å²) in [4.78, 5) is 12.6. The van der Waals surface area contributed by atoms with Crippen LogP contribution >= 0.6 is 11.8 Å². The number of hydrogen-bond donors (Lipinski definition) is 0. The molecular weight excluding hydrogens is 348 g/mol. The molecule has 134 valence electrons. The topological polar surface area (TPSA) is 65.2 Å². The maximum absolute atomic E-state index is 12.6. The first-order valence-corrected chi connectivity index (χ1v) is 9.29. The van der Waals surface area contributed by atoms with Crippen molar-refractivity contribution in [2.24, 2.45) is 0 Å². The summed E-state index contributed by atoms with van der Waals surface area (Å²) in [7, 11) is 0. The summed E-state index contributed by atoms with van der Waals surface area (Å²) in [5, 5.41) is 8.21. The van der Waals surface area contributed by atoms with Crippen LogP contribution in [0.15, 0.2) is 58.2 Å². The Kier molecular flexibility index (Phi) is 5.73. The number of Topliss-reactive ketones (excluding diaryl/α,β-unsaturated/α-hetero) is 1. The molecule has 0 N–H and O–H groups in total. The zero-order chi connectivity index (χ0) is 18.5. The Labute approximate surface area is 156 Å². The van der Waals surface area contributed by atoms with Crippen molar-refractivity contribution in [1.82, 2.24) is 10.2 Å². The normalized spacial score (nSPS) is 12.0. The van der Waals surface area contributed by atoms with Crippen LogP contribution in [0, 0.1) is 6.92 Å². The molecule has 2 aromatic carbocycles. The van der Waals surface area contributed by atoms with Crippen molar-refractivity contribution in [3.63, 3.8) is 0 Å². The summed E-state index contributed by atoms with van der Waals surface area (Å²) in [6.45, 7) is 6.35. The molecule has 0 saturated carbocycles. The summed E-state index contributed by atoms with van der Waals surface area (Å²) in [6, 6.07) is 15.0. The fourth-order valence-electron chi connectivity index (χ4n) is 2.50. The molecule has 0 bridgehead atoms. The predicted molar refractivity (Wildman–Crippen MR) is 102 cm³/mol. The maximum Gasteiger partial charge on any atom is 0.277 e. The number of nitrogens with zero attached hydrogens (tertiary/aromatic N) is 2. The first-order chi connectivity index (χ1) is 12.6. The lowest BCUT2D eigenvalue weighted by atomic mass is 10.1. The number of ketones is 1. The second-order valence-electron chi connectivity index (χ2n) is 5.77. The van der Waals surface area contributed by atoms with Gasteiger partial charge in [-0.2, -0.15) is 0 Å². The molecule has 3 rings (SSSR count). The Morgan fingerprint density at radius 3 is 2.58 bits per heavy atom. The summed E-state index contributed by atoms with van der Waals surface area (Å²) >= 11 is 1.26. The van der Waals surface area contributed by atoms with Crippen molar-refractivity contribution in [2.75, 3.05) is 6.61 Å². The lowest BCUT2D eigenvalue weighted by Crippen LogP contribution is -2.13. The van der Waals surface area contributed by atoms with Crippen LogP contribution in [0.3, 0.4) is 0 Å². The summed E-state index contributed by atoms with van der Waals surface area (Å²) in [5.41, 5.74) is 2.59. The van der Waals surface area contributed by atoms with E-state index in [0.29, 0.717) is 23.3 Å². The Morgan fingerprint density at radius 1 is 1.15 bits per heavy atom. The van der Waals surface area contributed by atoms with Crippen molar-refractivity contribution >= 4 is 17.5 Å². The van der Waals surface area contributed by atoms with E-state index < -0.39 is 0 Å². The molecule has 6 heteroatoms. The van der Waals surface area contributed by atoms with Crippen LogP contribution in [-0.4, -0.2) is 27.8 Å². The van der Waals surface area contributed by atoms with E-state index in [4.69, 9.17) is 9.15 Å². The molecule has 0 aliphatic heterocycles. The molecule has 0 fully saturated rings. The average molecular weight is 368 g/mol. The number of aryl methyl sites for hydroxylation is 1. The van der Waals surface area contributed by atoms with Crippen LogP contribution in [0.25, 0.3) is 11.5 Å². The van der Waals surface area contributed by atoms with Crippen molar-refractivity contribution in [3.05, 3.63) is 59.7 Å². The van der Waals surface area contributed by atoms with Gasteiger partial charge in [0.25, 0.3) is 5.22 Å². The van der Waals surface area contributed by atoms with E-state index in [-0.39, 0.29) is 11.0 Å². The van der Waals surface area contributed by atoms with E-state index in [2.05, 4.69) is 10.2 Å². The molecule has 0 amide bonds. The fraction of sp³-hybridized carbons (Fsp3) is 0.250. The van der Waals surface area contributed by atoms with Gasteiger partial charge in [0.1, 0.15) is 5.75 Å². The standard InChI is InChI=1S/C20H20N2O3S/c1-4-24-16-11-9-15(10-12-16)18(23)14(3)26-20-22-21-19(25-20)17-8-6-5-7-13(17)2/h5-12,14H,4H2,1-3H3/t14-/m1/s1. The number of carbonyl (C=O) groups is 1. The molecule has 1 atom stereocenters. The monoisotopic (exact) mass is 368 g/mol. The first kappa shape index (κ1) is 18.2. The molecular formula is C20H20N2O3S. The van der Waals surface area contributed by atoms with E-state index in [0.717, 1.165) is 16.9 Å². The molecule has 1 aromatic heterocycles. The average Bonchev–Trinajstić information content (AvgIpc) is 3.10. The number of ether oxygens (including phenoxy) is 1. The third-order valence-corrected chi connectivity index (χ3v) is 4.81. The minimum Gasteiger partial charge on any atom is -0.494 e. The highest BCUT2D eigenvalue weighted by atomic mass is 32.2. The predicted octanol–water partition coefficient (Wildman–Crippen LogP) is 4.81. The zero-order valence-corrected chi connectivity index (χ0v) is 15.7. The molecule has 1 heterocycles. The van der Waals surface area contributed by atoms with Gasteiger partial charge in [0.2, 0.25) is 5.89 Å². The first-order valence-electron chi connectivity index (χ1n) is 8.41. The molecule has 0 radical (unpaired) electrons. The minimum absolute atomic E-state index is 0.00805. The highest BCUT2D eigenvalue weighted by Gasteiger charge is 2.20. The van der Waals surface area contributed by atoms with Crippen LogP contribution < -0.4 is 4.74 Å². The molecule has 0 spiro atoms. The summed E-state index contributed by atoms with van der Waals surface area (Å²) in [5.74, 6) is 1.23. The van der Waals surface area contributed by atoms with Gasteiger partial charge < -0.3 is 9.15 Å². The number of rotatable bonds is 7. The number of hydrogen-bond acceptors (Lipinski definition) is 6. The number of carbonyl (C=O) groups excluding carboxylic acids is 1. The molecule has 5 nitrogen and oxygen atoms in total. The molecule has 0 unspecified atom stereocenters. The summed E-state index contributed by atoms with van der Waals surface area (Å²) in [6.07, 6.45) is 0. The quantitative estimate of drug-likeness (QED) is 0.440. The van der Waals surface area contributed by atoms with Crippen LogP contribution in [0.2, 0.25) is 0 Å². The Bertz CT molecular complexity index is 890. The van der Waals surface area contributed by atoms with Crippen molar-refractivity contribution in [1.29, 1.82) is 0 Å². The highest BCUT2D eigenvalue weighted by Crippen LogP contribution is 2.29. The third kappa shape index (κ3) is 4.14. The van der Waals surface area contributed by atoms with E-state index in [1.807, 2.05) is 45.0 Å². The largest absolute Gasteiger partial charge is 0.494 e. The second-order valence-corrected chi connectivity index (χ2v) is 7.06. The lowest BCUT2D eigenvalue weighted by molar-refractivity contribution is 0.0993. The molecule has 3 aromatic rings. The van der Waals surface area contributed by atoms with Crippen molar-refractivity contribution in [2.45, 2.75) is 31.2 Å². The Hall–Kier alpha value is -2.60. The van der Waals surface area contributed by atoms with E-state index in [1.165, 1.54) is 11.8 Å². The third-order valence-electron chi connectivity index (χ3n) is 3.88. The van der Waals surface area contributed by atoms with Crippen molar-refractivity contribution < 1.29 is 13.9 Å². The SMILES string of the molecule is CCOc1ccc(C(=O)[C@@H](C)Sc2nnc(-c3ccccc3C)o2)cc1. The van der Waals surface area contributed by atoms with Gasteiger partial charge in [-0.25, -0.2) is 0 Å². The number of thioether (sulfide) groups is 1. The van der Waals surface area contributed by atoms with Gasteiger partial charge in [-0.1, -0.05) is 30.0 Å². The smallest absolute Gasteiger partial charge is 0.277 e. The van der Waals surface area contributed by atoms with E-state index >= 15 is 0 Å². The van der Waals surface area contributed by atoms with Crippen LogP contribution in [0.5, 0.6) is 5.75 Å². The van der Waals surface area contributed by atoms with Gasteiger partial charge in [-0.15, -0.1) is 10.2 Å². The zero-order valence-electron chi connectivity index (χ0n) is 14.9. The number of aromatic nitrogens is 2. The van der Waals surface area contributed by atoms with Gasteiger partial charge in [0.05, 0.1) is 11.9 Å². The van der Waals surface area contributed by atoms with Gasteiger partial charge in [0, 0.05) is 11.1 Å². The summed E-state index contributed by atoms with van der Waals surface area (Å²) < 4.78 is 11.1. The maximum atomic E-state index is 12.6. The fourth-order valence-corrected chi connectivity index (χ4v) is 3.26. The van der Waals surface area contributed by atoms with E-state index in [9.17, 15) is 4.79 Å². The molecule has 0 aliphatic rings. The van der Waals surface area contributed by atoms with Gasteiger partial charge in [0.15, 0.2) is 5.78 Å². The van der Waals surface area contributed by atoms with E-state index in [1.54, 1.807) is 24.3 Å². The van der Waals surface area contributed by atoms with Crippen molar-refractivity contribution in [3.8, 4) is 17.2 Å². The molecule has 0 aliphatic carbocycles. The lowest BCUT2D eigenvalue weighted by Gasteiger charge is -2.08. The number of benzene rings is 2.